The number of halogens is 1. The van der Waals surface area contributed by atoms with Crippen LogP contribution < -0.4 is 4.74 Å². The number of amides is 1. The Labute approximate surface area is 130 Å². The van der Waals surface area contributed by atoms with E-state index in [0.717, 1.165) is 6.07 Å². The Hall–Kier alpha value is -3.22. The van der Waals surface area contributed by atoms with E-state index in [9.17, 15) is 14.3 Å². The molecule has 0 spiro atoms. The summed E-state index contributed by atoms with van der Waals surface area (Å²) >= 11 is 0. The number of aromatic nitrogens is 1. The van der Waals surface area contributed by atoms with Crippen LogP contribution in [0.5, 0.6) is 11.6 Å². The molecule has 0 aliphatic rings. The number of azo groups is 1. The summed E-state index contributed by atoms with van der Waals surface area (Å²) in [6, 6.07) is 12.5. The Morgan fingerprint density at radius 3 is 2.87 bits per heavy atom. The summed E-state index contributed by atoms with van der Waals surface area (Å²) in [5.74, 6) is -1.06. The second-order valence-electron chi connectivity index (χ2n) is 4.71. The van der Waals surface area contributed by atoms with Gasteiger partial charge < -0.3 is 14.8 Å². The SMILES string of the molecule is O=C(COc1cccc(F)c1)N=Nc1c(O)[nH]c2ccccc12. The Morgan fingerprint density at radius 2 is 2.04 bits per heavy atom. The molecule has 0 saturated heterocycles. The van der Waals surface area contributed by atoms with Crippen molar-refractivity contribution >= 4 is 22.5 Å². The topological polar surface area (TPSA) is 87.0 Å². The number of aromatic hydroxyl groups is 1. The Bertz CT molecular complexity index is 889. The molecule has 0 radical (unpaired) electrons. The monoisotopic (exact) mass is 313 g/mol. The molecule has 2 aromatic carbocycles. The molecule has 116 valence electrons. The van der Waals surface area contributed by atoms with Crippen molar-refractivity contribution in [2.24, 2.45) is 10.2 Å². The van der Waals surface area contributed by atoms with Gasteiger partial charge in [0, 0.05) is 11.5 Å². The Kier molecular flexibility index (Phi) is 4.01. The quantitative estimate of drug-likeness (QED) is 0.720. The molecule has 0 aliphatic heterocycles. The van der Waals surface area contributed by atoms with E-state index < -0.39 is 11.7 Å². The largest absolute Gasteiger partial charge is 0.493 e. The van der Waals surface area contributed by atoms with E-state index in [4.69, 9.17) is 4.74 Å². The number of hydrogen-bond acceptors (Lipinski definition) is 4. The van der Waals surface area contributed by atoms with Gasteiger partial charge >= 0.3 is 5.91 Å². The summed E-state index contributed by atoms with van der Waals surface area (Å²) in [7, 11) is 0. The number of carbonyl (C=O) groups is 1. The average molecular weight is 313 g/mol. The lowest BCUT2D eigenvalue weighted by atomic mass is 10.2. The number of benzene rings is 2. The van der Waals surface area contributed by atoms with E-state index in [0.29, 0.717) is 10.9 Å². The van der Waals surface area contributed by atoms with Crippen molar-refractivity contribution in [1.82, 2.24) is 4.98 Å². The molecule has 1 amide bonds. The van der Waals surface area contributed by atoms with Crippen molar-refractivity contribution in [1.29, 1.82) is 0 Å². The zero-order chi connectivity index (χ0) is 16.2. The lowest BCUT2D eigenvalue weighted by Gasteiger charge is -2.02. The highest BCUT2D eigenvalue weighted by atomic mass is 19.1. The Balaban J connectivity index is 1.69. The fourth-order valence-corrected chi connectivity index (χ4v) is 2.05. The van der Waals surface area contributed by atoms with Crippen LogP contribution >= 0.6 is 0 Å². The maximum absolute atomic E-state index is 13.0. The molecule has 1 aromatic heterocycles. The van der Waals surface area contributed by atoms with Crippen LogP contribution in [0.1, 0.15) is 0 Å². The molecular formula is C16H12FN3O3. The van der Waals surface area contributed by atoms with Crippen LogP contribution in [0.15, 0.2) is 58.8 Å². The highest BCUT2D eigenvalue weighted by Crippen LogP contribution is 2.35. The molecule has 6 nitrogen and oxygen atoms in total. The maximum atomic E-state index is 13.0. The normalized spacial score (nSPS) is 11.2. The van der Waals surface area contributed by atoms with E-state index in [1.165, 1.54) is 18.2 Å². The maximum Gasteiger partial charge on any atom is 0.302 e. The minimum atomic E-state index is -0.654. The van der Waals surface area contributed by atoms with E-state index in [2.05, 4.69) is 15.2 Å². The van der Waals surface area contributed by atoms with Crippen molar-refractivity contribution in [2.75, 3.05) is 6.61 Å². The Morgan fingerprint density at radius 1 is 1.22 bits per heavy atom. The van der Waals surface area contributed by atoms with Gasteiger partial charge in [0.15, 0.2) is 12.3 Å². The number of nitrogens with zero attached hydrogens (tertiary/aromatic N) is 2. The van der Waals surface area contributed by atoms with Gasteiger partial charge in [-0.25, -0.2) is 4.39 Å². The van der Waals surface area contributed by atoms with Crippen molar-refractivity contribution in [3.63, 3.8) is 0 Å². The van der Waals surface area contributed by atoms with Crippen LogP contribution in [-0.2, 0) is 4.79 Å². The van der Waals surface area contributed by atoms with Gasteiger partial charge in [0.05, 0.1) is 5.52 Å². The summed E-state index contributed by atoms with van der Waals surface area (Å²) in [5.41, 5.74) is 0.863. The molecule has 0 aliphatic carbocycles. The van der Waals surface area contributed by atoms with Crippen LogP contribution in [0.2, 0.25) is 0 Å². The minimum absolute atomic E-state index is 0.172. The van der Waals surface area contributed by atoms with Gasteiger partial charge in [-0.05, 0) is 18.2 Å². The van der Waals surface area contributed by atoms with Crippen LogP contribution in [0.3, 0.4) is 0 Å². The number of aromatic amines is 1. The minimum Gasteiger partial charge on any atom is -0.493 e. The smallest absolute Gasteiger partial charge is 0.302 e. The number of nitrogens with one attached hydrogen (secondary N) is 1. The molecule has 7 heteroatoms. The summed E-state index contributed by atoms with van der Waals surface area (Å²) in [4.78, 5) is 14.4. The molecule has 23 heavy (non-hydrogen) atoms. The van der Waals surface area contributed by atoms with Crippen molar-refractivity contribution in [3.8, 4) is 11.6 Å². The van der Waals surface area contributed by atoms with Gasteiger partial charge in [-0.15, -0.1) is 10.2 Å². The molecule has 0 fully saturated rings. The molecule has 0 atom stereocenters. The number of ether oxygens (including phenoxy) is 1. The molecule has 2 N–H and O–H groups in total. The van der Waals surface area contributed by atoms with E-state index >= 15 is 0 Å². The lowest BCUT2D eigenvalue weighted by molar-refractivity contribution is -0.120. The molecule has 3 aromatic rings. The number of H-pyrrole nitrogens is 1. The van der Waals surface area contributed by atoms with E-state index in [1.807, 2.05) is 0 Å². The summed E-state index contributed by atoms with van der Waals surface area (Å²) in [5, 5.41) is 17.7. The van der Waals surface area contributed by atoms with Gasteiger partial charge in [-0.2, -0.15) is 0 Å². The fourth-order valence-electron chi connectivity index (χ4n) is 2.05. The van der Waals surface area contributed by atoms with Crippen LogP contribution in [0, 0.1) is 5.82 Å². The zero-order valence-corrected chi connectivity index (χ0v) is 11.9. The number of hydrogen-bond donors (Lipinski definition) is 2. The fraction of sp³-hybridized carbons (Fsp3) is 0.0625. The number of para-hydroxylation sites is 1. The van der Waals surface area contributed by atoms with Crippen molar-refractivity contribution < 1.29 is 19.0 Å². The first-order valence-electron chi connectivity index (χ1n) is 6.76. The predicted octanol–water partition coefficient (Wildman–Crippen LogP) is 3.70. The molecule has 3 rings (SSSR count). The first kappa shape index (κ1) is 14.7. The second kappa shape index (κ2) is 6.27. The summed E-state index contributed by atoms with van der Waals surface area (Å²) < 4.78 is 18.1. The second-order valence-corrected chi connectivity index (χ2v) is 4.71. The predicted molar refractivity (Wildman–Crippen MR) is 81.4 cm³/mol. The standard InChI is InChI=1S/C16H12FN3O3/c17-10-4-3-5-11(8-10)23-9-14(21)19-20-15-12-6-1-2-7-13(12)18-16(15)22/h1-8,18,22H,9H2. The summed E-state index contributed by atoms with van der Waals surface area (Å²) in [6.45, 7) is -0.379. The van der Waals surface area contributed by atoms with Gasteiger partial charge in [0.25, 0.3) is 0 Å². The first-order valence-corrected chi connectivity index (χ1v) is 6.76. The van der Waals surface area contributed by atoms with E-state index in [1.54, 1.807) is 24.3 Å². The molecule has 0 saturated carbocycles. The molecular weight excluding hydrogens is 301 g/mol. The average Bonchev–Trinajstić information content (AvgIpc) is 2.86. The van der Waals surface area contributed by atoms with Crippen LogP contribution in [-0.4, -0.2) is 22.6 Å². The van der Waals surface area contributed by atoms with Crippen molar-refractivity contribution in [3.05, 3.63) is 54.3 Å². The molecule has 1 heterocycles. The zero-order valence-electron chi connectivity index (χ0n) is 11.9. The lowest BCUT2D eigenvalue weighted by Crippen LogP contribution is -2.07. The number of carbonyl (C=O) groups excluding carboxylic acids is 1. The van der Waals surface area contributed by atoms with Crippen molar-refractivity contribution in [2.45, 2.75) is 0 Å². The van der Waals surface area contributed by atoms with E-state index in [-0.39, 0.29) is 23.9 Å². The highest BCUT2D eigenvalue weighted by Gasteiger charge is 2.10. The van der Waals surface area contributed by atoms with Gasteiger partial charge in [-0.3, -0.25) is 4.79 Å². The highest BCUT2D eigenvalue weighted by molar-refractivity contribution is 5.94. The third-order valence-corrected chi connectivity index (χ3v) is 3.08. The molecule has 0 unspecified atom stereocenters. The van der Waals surface area contributed by atoms with Crippen LogP contribution in [0.25, 0.3) is 10.9 Å². The van der Waals surface area contributed by atoms with Gasteiger partial charge in [-0.1, -0.05) is 24.3 Å². The third kappa shape index (κ3) is 3.34. The number of rotatable bonds is 4. The first-order chi connectivity index (χ1) is 11.1. The molecule has 0 bridgehead atoms. The van der Waals surface area contributed by atoms with Gasteiger partial charge in [0.1, 0.15) is 11.6 Å². The van der Waals surface area contributed by atoms with Gasteiger partial charge in [0.2, 0.25) is 5.88 Å². The van der Waals surface area contributed by atoms with Crippen LogP contribution in [0.4, 0.5) is 10.1 Å². The summed E-state index contributed by atoms with van der Waals surface area (Å²) in [6.07, 6.45) is 0. The number of fused-ring (bicyclic) bond motifs is 1. The third-order valence-electron chi connectivity index (χ3n) is 3.08.